The minimum Gasteiger partial charge on any atom is -0.378 e. The van der Waals surface area contributed by atoms with Crippen molar-refractivity contribution in [1.29, 1.82) is 0 Å². The van der Waals surface area contributed by atoms with Gasteiger partial charge in [-0.2, -0.15) is 0 Å². The lowest BCUT2D eigenvalue weighted by atomic mass is 9.72. The fourth-order valence-corrected chi connectivity index (χ4v) is 4.61. The molecule has 2 aliphatic rings. The summed E-state index contributed by atoms with van der Waals surface area (Å²) in [5.41, 5.74) is 0.652. The van der Waals surface area contributed by atoms with E-state index in [9.17, 15) is 14.4 Å². The maximum Gasteiger partial charge on any atom is 0.326 e. The van der Waals surface area contributed by atoms with Gasteiger partial charge in [-0.15, -0.1) is 0 Å². The van der Waals surface area contributed by atoms with Gasteiger partial charge in [0.2, 0.25) is 0 Å². The van der Waals surface area contributed by atoms with E-state index in [1.807, 2.05) is 18.2 Å². The second-order valence-corrected chi connectivity index (χ2v) is 7.10. The van der Waals surface area contributed by atoms with E-state index in [1.165, 1.54) is 5.56 Å². The average molecular weight is 370 g/mol. The molecule has 8 heteroatoms. The van der Waals surface area contributed by atoms with Gasteiger partial charge in [-0.1, -0.05) is 24.3 Å². The standard InChI is InChI=1S/C19H22N4O4/c1-27-16-15(23-17(25)13-10-14(24)22-18(26)21-13)11-4-2-3-5-12(11)19(16)6-8-20-9-7-19/h2-5,10,15-16,20H,6-9H2,1H3,(H,23,25)(H2,21,22,24,26)/t15-,16+/m0/s1. The number of nitrogens with one attached hydrogen (secondary N) is 4. The lowest BCUT2D eigenvalue weighted by molar-refractivity contribution is 0.00391. The highest BCUT2D eigenvalue weighted by Gasteiger charge is 2.53. The normalized spacial score (nSPS) is 23.1. The van der Waals surface area contributed by atoms with E-state index in [2.05, 4.69) is 26.7 Å². The lowest BCUT2D eigenvalue weighted by Gasteiger charge is -2.40. The predicted octanol–water partition coefficient (Wildman–Crippen LogP) is 0.184. The third-order valence-electron chi connectivity index (χ3n) is 5.72. The van der Waals surface area contributed by atoms with Gasteiger partial charge in [-0.05, 0) is 37.1 Å². The van der Waals surface area contributed by atoms with Crippen LogP contribution in [0.3, 0.4) is 0 Å². The van der Waals surface area contributed by atoms with E-state index in [4.69, 9.17) is 4.74 Å². The van der Waals surface area contributed by atoms with Gasteiger partial charge >= 0.3 is 5.69 Å². The fourth-order valence-electron chi connectivity index (χ4n) is 4.61. The number of benzene rings is 1. The Morgan fingerprint density at radius 2 is 1.93 bits per heavy atom. The van der Waals surface area contributed by atoms with Gasteiger partial charge < -0.3 is 20.4 Å². The van der Waals surface area contributed by atoms with E-state index in [0.717, 1.165) is 37.6 Å². The number of H-pyrrole nitrogens is 2. The molecule has 1 aliphatic carbocycles. The summed E-state index contributed by atoms with van der Waals surface area (Å²) < 4.78 is 5.90. The maximum absolute atomic E-state index is 12.7. The largest absolute Gasteiger partial charge is 0.378 e. The van der Waals surface area contributed by atoms with Gasteiger partial charge in [0, 0.05) is 18.6 Å². The molecule has 0 saturated carbocycles. The number of hydrogen-bond donors (Lipinski definition) is 4. The SMILES string of the molecule is CO[C@@H]1[C@@H](NC(=O)c2cc(=O)[nH]c(=O)[nH]2)c2ccccc2C12CCNCC2. The first-order chi connectivity index (χ1) is 13.0. The van der Waals surface area contributed by atoms with Crippen molar-refractivity contribution in [1.82, 2.24) is 20.6 Å². The van der Waals surface area contributed by atoms with E-state index in [-0.39, 0.29) is 23.3 Å². The molecule has 1 aromatic heterocycles. The molecule has 2 aromatic rings. The van der Waals surface area contributed by atoms with Crippen LogP contribution in [-0.4, -0.2) is 42.2 Å². The number of piperidine rings is 1. The van der Waals surface area contributed by atoms with Crippen LogP contribution in [-0.2, 0) is 10.2 Å². The summed E-state index contributed by atoms with van der Waals surface area (Å²) >= 11 is 0. The molecule has 4 rings (SSSR count). The second-order valence-electron chi connectivity index (χ2n) is 7.10. The van der Waals surface area contributed by atoms with Gasteiger partial charge in [0.1, 0.15) is 5.69 Å². The van der Waals surface area contributed by atoms with Crippen LogP contribution in [0, 0.1) is 0 Å². The van der Waals surface area contributed by atoms with E-state index in [0.29, 0.717) is 0 Å². The van der Waals surface area contributed by atoms with Crippen molar-refractivity contribution >= 4 is 5.91 Å². The summed E-state index contributed by atoms with van der Waals surface area (Å²) in [6, 6.07) is 8.78. The smallest absolute Gasteiger partial charge is 0.326 e. The quantitative estimate of drug-likeness (QED) is 0.615. The van der Waals surface area contributed by atoms with E-state index in [1.54, 1.807) is 7.11 Å². The zero-order valence-corrected chi connectivity index (χ0v) is 15.0. The Morgan fingerprint density at radius 3 is 2.63 bits per heavy atom. The van der Waals surface area contributed by atoms with Crippen LogP contribution < -0.4 is 21.9 Å². The minimum atomic E-state index is -0.711. The first-order valence-electron chi connectivity index (χ1n) is 9.02. The Kier molecular flexibility index (Phi) is 4.45. The van der Waals surface area contributed by atoms with Crippen LogP contribution in [0.4, 0.5) is 0 Å². The van der Waals surface area contributed by atoms with Crippen molar-refractivity contribution in [2.75, 3.05) is 20.2 Å². The van der Waals surface area contributed by atoms with Gasteiger partial charge in [0.25, 0.3) is 11.5 Å². The molecule has 1 saturated heterocycles. The molecule has 0 unspecified atom stereocenters. The van der Waals surface area contributed by atoms with Gasteiger partial charge in [-0.25, -0.2) is 4.79 Å². The number of carbonyl (C=O) groups excluding carboxylic acids is 1. The number of ether oxygens (including phenoxy) is 1. The lowest BCUT2D eigenvalue weighted by Crippen LogP contribution is -2.49. The highest BCUT2D eigenvalue weighted by Crippen LogP contribution is 2.51. The predicted molar refractivity (Wildman–Crippen MR) is 98.9 cm³/mol. The highest BCUT2D eigenvalue weighted by atomic mass is 16.5. The monoisotopic (exact) mass is 370 g/mol. The van der Waals surface area contributed by atoms with Crippen molar-refractivity contribution in [2.45, 2.75) is 30.4 Å². The van der Waals surface area contributed by atoms with E-state index < -0.39 is 17.2 Å². The molecule has 1 fully saturated rings. The van der Waals surface area contributed by atoms with Crippen molar-refractivity contribution in [3.05, 3.63) is 68.0 Å². The number of methoxy groups -OCH3 is 1. The zero-order valence-electron chi connectivity index (χ0n) is 15.0. The molecule has 1 spiro atoms. The number of carbonyl (C=O) groups is 1. The van der Waals surface area contributed by atoms with Crippen LogP contribution in [0.25, 0.3) is 0 Å². The highest BCUT2D eigenvalue weighted by molar-refractivity contribution is 5.92. The Bertz CT molecular complexity index is 946. The van der Waals surface area contributed by atoms with Crippen LogP contribution in [0.15, 0.2) is 39.9 Å². The second kappa shape index (κ2) is 6.79. The summed E-state index contributed by atoms with van der Waals surface area (Å²) in [6.45, 7) is 1.77. The minimum absolute atomic E-state index is 0.0673. The molecule has 1 amide bonds. The number of amides is 1. The topological polar surface area (TPSA) is 116 Å². The summed E-state index contributed by atoms with van der Waals surface area (Å²) in [5.74, 6) is -0.508. The molecule has 2 heterocycles. The molecule has 0 radical (unpaired) electrons. The fraction of sp³-hybridized carbons (Fsp3) is 0.421. The third-order valence-corrected chi connectivity index (χ3v) is 5.72. The van der Waals surface area contributed by atoms with Crippen LogP contribution in [0.1, 0.15) is 40.5 Å². The molecule has 2 atom stereocenters. The molecular weight excluding hydrogens is 348 g/mol. The third kappa shape index (κ3) is 2.90. The zero-order chi connectivity index (χ0) is 19.0. The molecule has 27 heavy (non-hydrogen) atoms. The molecule has 0 bridgehead atoms. The van der Waals surface area contributed by atoms with Crippen molar-refractivity contribution < 1.29 is 9.53 Å². The van der Waals surface area contributed by atoms with Gasteiger partial charge in [-0.3, -0.25) is 14.6 Å². The Morgan fingerprint density at radius 1 is 1.19 bits per heavy atom. The molecule has 8 nitrogen and oxygen atoms in total. The summed E-state index contributed by atoms with van der Waals surface area (Å²) in [7, 11) is 1.66. The number of hydrogen-bond acceptors (Lipinski definition) is 5. The van der Waals surface area contributed by atoms with Crippen molar-refractivity contribution in [2.24, 2.45) is 0 Å². The Labute approximate surface area is 155 Å². The molecular formula is C19H22N4O4. The number of fused-ring (bicyclic) bond motifs is 2. The summed E-state index contributed by atoms with van der Waals surface area (Å²) in [5, 5.41) is 6.36. The summed E-state index contributed by atoms with van der Waals surface area (Å²) in [4.78, 5) is 40.2. The van der Waals surface area contributed by atoms with Crippen LogP contribution >= 0.6 is 0 Å². The molecule has 4 N–H and O–H groups in total. The van der Waals surface area contributed by atoms with Gasteiger partial charge in [0.15, 0.2) is 0 Å². The van der Waals surface area contributed by atoms with Crippen molar-refractivity contribution in [3.63, 3.8) is 0 Å². The number of rotatable bonds is 3. The summed E-state index contributed by atoms with van der Waals surface area (Å²) in [6.07, 6.45) is 1.60. The van der Waals surface area contributed by atoms with Crippen LogP contribution in [0.2, 0.25) is 0 Å². The first-order valence-corrected chi connectivity index (χ1v) is 9.02. The molecule has 142 valence electrons. The Balaban J connectivity index is 1.72. The average Bonchev–Trinajstić information content (AvgIpc) is 2.91. The number of aromatic nitrogens is 2. The maximum atomic E-state index is 12.7. The first kappa shape index (κ1) is 17.7. The van der Waals surface area contributed by atoms with E-state index >= 15 is 0 Å². The Hall–Kier alpha value is -2.71. The van der Waals surface area contributed by atoms with Gasteiger partial charge in [0.05, 0.1) is 12.1 Å². The number of aromatic amines is 2. The molecule has 1 aromatic carbocycles. The molecule has 1 aliphatic heterocycles. The van der Waals surface area contributed by atoms with Crippen molar-refractivity contribution in [3.8, 4) is 0 Å². The van der Waals surface area contributed by atoms with Crippen LogP contribution in [0.5, 0.6) is 0 Å².